The Morgan fingerprint density at radius 2 is 2.19 bits per heavy atom. The molecule has 0 saturated heterocycles. The minimum atomic E-state index is -3.55. The molecule has 0 unspecified atom stereocenters. The third-order valence-corrected chi connectivity index (χ3v) is 4.30. The highest BCUT2D eigenvalue weighted by atomic mass is 32.2. The van der Waals surface area contributed by atoms with Crippen LogP contribution in [-0.4, -0.2) is 41.3 Å². The molecule has 2 heterocycles. The van der Waals surface area contributed by atoms with E-state index in [2.05, 4.69) is 25.2 Å². The summed E-state index contributed by atoms with van der Waals surface area (Å²) < 4.78 is 28.7. The maximum atomic E-state index is 12.2. The highest BCUT2D eigenvalue weighted by Gasteiger charge is 2.14. The van der Waals surface area contributed by atoms with Crippen LogP contribution in [0.5, 0.6) is 0 Å². The van der Waals surface area contributed by atoms with Crippen molar-refractivity contribution in [3.8, 4) is 0 Å². The smallest absolute Gasteiger partial charge is 0.240 e. The van der Waals surface area contributed by atoms with Crippen LogP contribution in [0.4, 0.5) is 5.82 Å². The van der Waals surface area contributed by atoms with Crippen LogP contribution in [0.3, 0.4) is 0 Å². The Labute approximate surface area is 123 Å². The number of nitrogens with zero attached hydrogens (tertiary/aromatic N) is 4. The van der Waals surface area contributed by atoms with Crippen molar-refractivity contribution < 1.29 is 8.42 Å². The van der Waals surface area contributed by atoms with Gasteiger partial charge in [0.05, 0.1) is 4.90 Å². The van der Waals surface area contributed by atoms with Crippen LogP contribution in [0.1, 0.15) is 12.7 Å². The zero-order valence-corrected chi connectivity index (χ0v) is 12.8. The van der Waals surface area contributed by atoms with Gasteiger partial charge < -0.3 is 9.88 Å². The van der Waals surface area contributed by atoms with Crippen molar-refractivity contribution in [3.05, 3.63) is 30.5 Å². The first-order chi connectivity index (χ1) is 10.0. The highest BCUT2D eigenvalue weighted by Crippen LogP contribution is 2.12. The lowest BCUT2D eigenvalue weighted by atomic mass is 10.4. The average Bonchev–Trinajstić information content (AvgIpc) is 2.85. The summed E-state index contributed by atoms with van der Waals surface area (Å²) in [5.74, 6) is 1.26. The Kier molecular flexibility index (Phi) is 4.86. The molecule has 0 spiro atoms. The van der Waals surface area contributed by atoms with Gasteiger partial charge in [-0.15, -0.1) is 10.2 Å². The fourth-order valence-corrected chi connectivity index (χ4v) is 2.81. The standard InChI is InChI=1S/C12H18N6O2S/c1-3-13-11-8-10(4-6-14-11)21(19,20)16-7-5-12-17-15-9-18(12)2/h4,6,8-9,16H,3,5,7H2,1-2H3,(H,13,14). The number of hydrogen-bond donors (Lipinski definition) is 2. The minimum absolute atomic E-state index is 0.186. The molecule has 0 aliphatic heterocycles. The minimum Gasteiger partial charge on any atom is -0.370 e. The second-order valence-electron chi connectivity index (χ2n) is 4.41. The Morgan fingerprint density at radius 3 is 2.86 bits per heavy atom. The van der Waals surface area contributed by atoms with E-state index in [-0.39, 0.29) is 11.4 Å². The van der Waals surface area contributed by atoms with Crippen LogP contribution in [0.2, 0.25) is 0 Å². The first-order valence-electron chi connectivity index (χ1n) is 6.55. The van der Waals surface area contributed by atoms with Gasteiger partial charge in [-0.2, -0.15) is 0 Å². The Balaban J connectivity index is 2.01. The number of aryl methyl sites for hydroxylation is 1. The highest BCUT2D eigenvalue weighted by molar-refractivity contribution is 7.89. The number of rotatable bonds is 7. The van der Waals surface area contributed by atoms with Crippen molar-refractivity contribution in [2.24, 2.45) is 7.05 Å². The van der Waals surface area contributed by atoms with Gasteiger partial charge in [0.15, 0.2) is 0 Å². The Bertz CT molecular complexity index is 697. The van der Waals surface area contributed by atoms with Crippen molar-refractivity contribution in [2.75, 3.05) is 18.4 Å². The molecule has 2 rings (SSSR count). The lowest BCUT2D eigenvalue weighted by molar-refractivity contribution is 0.580. The topological polar surface area (TPSA) is 102 Å². The lowest BCUT2D eigenvalue weighted by Crippen LogP contribution is -2.26. The average molecular weight is 310 g/mol. The molecule has 8 nitrogen and oxygen atoms in total. The quantitative estimate of drug-likeness (QED) is 0.755. The van der Waals surface area contributed by atoms with E-state index in [0.717, 1.165) is 5.82 Å². The SMILES string of the molecule is CCNc1cc(S(=O)(=O)NCCc2nncn2C)ccn1. The second kappa shape index (κ2) is 6.64. The molecule has 0 saturated carbocycles. The van der Waals surface area contributed by atoms with E-state index in [1.807, 2.05) is 14.0 Å². The van der Waals surface area contributed by atoms with Gasteiger partial charge >= 0.3 is 0 Å². The molecule has 2 N–H and O–H groups in total. The third-order valence-electron chi connectivity index (χ3n) is 2.85. The van der Waals surface area contributed by atoms with Crippen LogP contribution in [0.25, 0.3) is 0 Å². The Morgan fingerprint density at radius 1 is 1.38 bits per heavy atom. The van der Waals surface area contributed by atoms with Gasteiger partial charge in [-0.3, -0.25) is 0 Å². The molecule has 0 fully saturated rings. The maximum absolute atomic E-state index is 12.2. The van der Waals surface area contributed by atoms with Crippen molar-refractivity contribution in [3.63, 3.8) is 0 Å². The summed E-state index contributed by atoms with van der Waals surface area (Å²) in [5, 5.41) is 10.6. The summed E-state index contributed by atoms with van der Waals surface area (Å²) >= 11 is 0. The van der Waals surface area contributed by atoms with Crippen molar-refractivity contribution in [1.29, 1.82) is 0 Å². The van der Waals surface area contributed by atoms with Crippen LogP contribution >= 0.6 is 0 Å². The van der Waals surface area contributed by atoms with E-state index in [0.29, 0.717) is 18.8 Å². The number of nitrogens with one attached hydrogen (secondary N) is 2. The van der Waals surface area contributed by atoms with Crippen LogP contribution in [0, 0.1) is 0 Å². The van der Waals surface area contributed by atoms with Crippen LogP contribution < -0.4 is 10.0 Å². The largest absolute Gasteiger partial charge is 0.370 e. The summed E-state index contributed by atoms with van der Waals surface area (Å²) in [6, 6.07) is 2.97. The predicted molar refractivity (Wildman–Crippen MR) is 78.3 cm³/mol. The molecule has 0 bridgehead atoms. The van der Waals surface area contributed by atoms with Gasteiger partial charge in [-0.1, -0.05) is 0 Å². The summed E-state index contributed by atoms with van der Waals surface area (Å²) in [5.41, 5.74) is 0. The second-order valence-corrected chi connectivity index (χ2v) is 6.18. The molecule has 0 atom stereocenters. The molecule has 2 aromatic rings. The maximum Gasteiger partial charge on any atom is 0.240 e. The molecule has 0 radical (unpaired) electrons. The van der Waals surface area contributed by atoms with E-state index in [1.54, 1.807) is 10.9 Å². The molecule has 114 valence electrons. The number of pyridine rings is 1. The molecule has 0 aromatic carbocycles. The normalized spacial score (nSPS) is 11.5. The molecule has 9 heteroatoms. The van der Waals surface area contributed by atoms with Crippen molar-refractivity contribution in [1.82, 2.24) is 24.5 Å². The van der Waals surface area contributed by atoms with E-state index >= 15 is 0 Å². The van der Waals surface area contributed by atoms with E-state index < -0.39 is 10.0 Å². The molecule has 21 heavy (non-hydrogen) atoms. The predicted octanol–water partition coefficient (Wildman–Crippen LogP) is 0.163. The summed E-state index contributed by atoms with van der Waals surface area (Å²) in [6.07, 6.45) is 3.52. The zero-order chi connectivity index (χ0) is 15.3. The first-order valence-corrected chi connectivity index (χ1v) is 8.03. The third kappa shape index (κ3) is 3.99. The summed E-state index contributed by atoms with van der Waals surface area (Å²) in [6.45, 7) is 2.85. The fourth-order valence-electron chi connectivity index (χ4n) is 1.77. The molecule has 0 amide bonds. The fraction of sp³-hybridized carbons (Fsp3) is 0.417. The molecule has 0 aliphatic carbocycles. The van der Waals surface area contributed by atoms with Gasteiger partial charge in [-0.25, -0.2) is 18.1 Å². The van der Waals surface area contributed by atoms with Crippen molar-refractivity contribution in [2.45, 2.75) is 18.2 Å². The molecular formula is C12H18N6O2S. The van der Waals surface area contributed by atoms with E-state index in [9.17, 15) is 8.42 Å². The van der Waals surface area contributed by atoms with Gasteiger partial charge in [0.25, 0.3) is 0 Å². The van der Waals surface area contributed by atoms with Gasteiger partial charge in [-0.05, 0) is 13.0 Å². The summed E-state index contributed by atoms with van der Waals surface area (Å²) in [4.78, 5) is 4.24. The van der Waals surface area contributed by atoms with Crippen LogP contribution in [-0.2, 0) is 23.5 Å². The number of hydrogen-bond acceptors (Lipinski definition) is 6. The van der Waals surface area contributed by atoms with Gasteiger partial charge in [0.1, 0.15) is 18.0 Å². The van der Waals surface area contributed by atoms with Crippen LogP contribution in [0.15, 0.2) is 29.6 Å². The van der Waals surface area contributed by atoms with E-state index in [4.69, 9.17) is 0 Å². The monoisotopic (exact) mass is 310 g/mol. The number of aromatic nitrogens is 4. The Hall–Kier alpha value is -2.00. The van der Waals surface area contributed by atoms with E-state index in [1.165, 1.54) is 18.3 Å². The lowest BCUT2D eigenvalue weighted by Gasteiger charge is -2.08. The molecular weight excluding hydrogens is 292 g/mol. The molecule has 0 aliphatic rings. The zero-order valence-electron chi connectivity index (χ0n) is 11.9. The number of anilines is 1. The van der Waals surface area contributed by atoms with Gasteiger partial charge in [0, 0.05) is 38.8 Å². The number of sulfonamides is 1. The summed E-state index contributed by atoms with van der Waals surface area (Å²) in [7, 11) is -1.74. The van der Waals surface area contributed by atoms with Gasteiger partial charge in [0.2, 0.25) is 10.0 Å². The molecule has 2 aromatic heterocycles. The first kappa shape index (κ1) is 15.4. The van der Waals surface area contributed by atoms with Crippen molar-refractivity contribution >= 4 is 15.8 Å².